The third-order valence-electron chi connectivity index (χ3n) is 4.90. The number of rotatable bonds is 7. The van der Waals surface area contributed by atoms with E-state index in [1.165, 1.54) is 12.3 Å². The number of aromatic nitrogens is 3. The fourth-order valence-electron chi connectivity index (χ4n) is 3.27. The normalized spacial score (nSPS) is 11.1. The molecule has 0 bridgehead atoms. The first-order valence-corrected chi connectivity index (χ1v) is 9.70. The van der Waals surface area contributed by atoms with Crippen molar-refractivity contribution in [3.63, 3.8) is 0 Å². The Morgan fingerprint density at radius 3 is 2.55 bits per heavy atom. The first-order valence-electron chi connectivity index (χ1n) is 9.70. The average molecular weight is 422 g/mol. The van der Waals surface area contributed by atoms with E-state index in [4.69, 9.17) is 4.74 Å². The SMILES string of the molecule is COc1ccc(CCNC(=O)c2cnn3c(C(F)F)cc(-c4ccccc4)nc23)cc1. The standard InChI is InChI=1S/C23H20F2N4O2/c1-31-17-9-7-15(8-10-17)11-12-26-23(30)18-14-27-29-20(21(24)25)13-19(28-22(18)29)16-5-3-2-4-6-16/h2-10,13-14,21H,11-12H2,1H3,(H,26,30). The molecular weight excluding hydrogens is 402 g/mol. The molecule has 4 aromatic rings. The highest BCUT2D eigenvalue weighted by molar-refractivity contribution is 5.99. The predicted molar refractivity (Wildman–Crippen MR) is 112 cm³/mol. The van der Waals surface area contributed by atoms with Crippen molar-refractivity contribution in [2.24, 2.45) is 0 Å². The van der Waals surface area contributed by atoms with Gasteiger partial charge in [0.1, 0.15) is 17.0 Å². The lowest BCUT2D eigenvalue weighted by Gasteiger charge is -2.09. The van der Waals surface area contributed by atoms with Crippen molar-refractivity contribution in [3.05, 3.63) is 83.7 Å². The molecule has 2 aromatic heterocycles. The topological polar surface area (TPSA) is 68.5 Å². The summed E-state index contributed by atoms with van der Waals surface area (Å²) >= 11 is 0. The van der Waals surface area contributed by atoms with Crippen LogP contribution >= 0.6 is 0 Å². The van der Waals surface area contributed by atoms with Crippen LogP contribution in [0.25, 0.3) is 16.9 Å². The minimum Gasteiger partial charge on any atom is -0.497 e. The summed E-state index contributed by atoms with van der Waals surface area (Å²) < 4.78 is 33.5. The molecular formula is C23H20F2N4O2. The van der Waals surface area contributed by atoms with Gasteiger partial charge in [-0.15, -0.1) is 0 Å². The van der Waals surface area contributed by atoms with Gasteiger partial charge in [0.05, 0.1) is 19.0 Å². The monoisotopic (exact) mass is 422 g/mol. The van der Waals surface area contributed by atoms with Crippen molar-refractivity contribution in [3.8, 4) is 17.0 Å². The lowest BCUT2D eigenvalue weighted by Crippen LogP contribution is -2.25. The van der Waals surface area contributed by atoms with Crippen LogP contribution in [0.4, 0.5) is 8.78 Å². The van der Waals surface area contributed by atoms with Gasteiger partial charge in [0, 0.05) is 12.1 Å². The van der Waals surface area contributed by atoms with Gasteiger partial charge in [0.15, 0.2) is 5.65 Å². The van der Waals surface area contributed by atoms with Crippen molar-refractivity contribution >= 4 is 11.6 Å². The zero-order chi connectivity index (χ0) is 21.8. The van der Waals surface area contributed by atoms with E-state index < -0.39 is 12.3 Å². The zero-order valence-corrected chi connectivity index (χ0v) is 16.8. The van der Waals surface area contributed by atoms with E-state index in [-0.39, 0.29) is 16.9 Å². The molecule has 0 spiro atoms. The second kappa shape index (κ2) is 8.91. The molecule has 2 aromatic carbocycles. The predicted octanol–water partition coefficient (Wildman–Crippen LogP) is 4.32. The molecule has 4 rings (SSSR count). The molecule has 0 saturated heterocycles. The Balaban J connectivity index is 1.58. The molecule has 1 N–H and O–H groups in total. The smallest absolute Gasteiger partial charge is 0.280 e. The number of halogens is 2. The largest absolute Gasteiger partial charge is 0.497 e. The maximum Gasteiger partial charge on any atom is 0.280 e. The van der Waals surface area contributed by atoms with E-state index in [2.05, 4.69) is 15.4 Å². The Kier molecular flexibility index (Phi) is 5.88. The molecule has 1 amide bonds. The minimum absolute atomic E-state index is 0.0959. The Labute approximate surface area is 177 Å². The lowest BCUT2D eigenvalue weighted by molar-refractivity contribution is 0.0955. The highest BCUT2D eigenvalue weighted by Crippen LogP contribution is 2.26. The number of hydrogen-bond acceptors (Lipinski definition) is 4. The number of fused-ring (bicyclic) bond motifs is 1. The van der Waals surface area contributed by atoms with Crippen LogP contribution in [-0.4, -0.2) is 34.2 Å². The highest BCUT2D eigenvalue weighted by atomic mass is 19.3. The number of carbonyl (C=O) groups is 1. The number of nitrogens with one attached hydrogen (secondary N) is 1. The number of benzene rings is 2. The van der Waals surface area contributed by atoms with Gasteiger partial charge in [-0.25, -0.2) is 18.3 Å². The molecule has 0 aliphatic carbocycles. The molecule has 0 aliphatic rings. The van der Waals surface area contributed by atoms with Crippen LogP contribution in [-0.2, 0) is 6.42 Å². The summed E-state index contributed by atoms with van der Waals surface area (Å²) in [5.41, 5.74) is 2.00. The summed E-state index contributed by atoms with van der Waals surface area (Å²) in [6, 6.07) is 17.8. The number of amides is 1. The summed E-state index contributed by atoms with van der Waals surface area (Å²) in [5, 5.41) is 6.79. The van der Waals surface area contributed by atoms with Gasteiger partial charge in [-0.1, -0.05) is 42.5 Å². The Morgan fingerprint density at radius 1 is 1.13 bits per heavy atom. The molecule has 0 fully saturated rings. The summed E-state index contributed by atoms with van der Waals surface area (Å²) in [7, 11) is 1.60. The fourth-order valence-corrected chi connectivity index (χ4v) is 3.27. The van der Waals surface area contributed by atoms with Gasteiger partial charge in [-0.3, -0.25) is 4.79 Å². The molecule has 0 atom stereocenters. The molecule has 0 saturated carbocycles. The van der Waals surface area contributed by atoms with E-state index in [0.29, 0.717) is 24.2 Å². The maximum atomic E-state index is 13.6. The minimum atomic E-state index is -2.76. The van der Waals surface area contributed by atoms with Crippen molar-refractivity contribution in [2.45, 2.75) is 12.8 Å². The van der Waals surface area contributed by atoms with Gasteiger partial charge in [0.25, 0.3) is 12.3 Å². The first kappa shape index (κ1) is 20.5. The molecule has 158 valence electrons. The van der Waals surface area contributed by atoms with Gasteiger partial charge >= 0.3 is 0 Å². The van der Waals surface area contributed by atoms with Crippen molar-refractivity contribution in [2.75, 3.05) is 13.7 Å². The first-order chi connectivity index (χ1) is 15.1. The second-order valence-corrected chi connectivity index (χ2v) is 6.88. The number of carbonyl (C=O) groups excluding carboxylic acids is 1. The second-order valence-electron chi connectivity index (χ2n) is 6.88. The van der Waals surface area contributed by atoms with Crippen LogP contribution in [0.15, 0.2) is 66.9 Å². The molecule has 0 radical (unpaired) electrons. The molecule has 2 heterocycles. The summed E-state index contributed by atoms with van der Waals surface area (Å²) in [6.45, 7) is 0.378. The molecule has 31 heavy (non-hydrogen) atoms. The quantitative estimate of drug-likeness (QED) is 0.482. The number of methoxy groups -OCH3 is 1. The van der Waals surface area contributed by atoms with E-state index in [1.54, 1.807) is 31.4 Å². The summed E-state index contributed by atoms with van der Waals surface area (Å²) in [4.78, 5) is 17.2. The molecule has 0 aliphatic heterocycles. The van der Waals surface area contributed by atoms with Crippen molar-refractivity contribution < 1.29 is 18.3 Å². The van der Waals surface area contributed by atoms with E-state index in [0.717, 1.165) is 15.8 Å². The Hall–Kier alpha value is -3.81. The van der Waals surface area contributed by atoms with Crippen LogP contribution in [0.3, 0.4) is 0 Å². The van der Waals surface area contributed by atoms with Crippen LogP contribution in [0.5, 0.6) is 5.75 Å². The van der Waals surface area contributed by atoms with Gasteiger partial charge in [-0.2, -0.15) is 5.10 Å². The summed E-state index contributed by atoms with van der Waals surface area (Å²) in [5.74, 6) is 0.343. The van der Waals surface area contributed by atoms with Crippen LogP contribution < -0.4 is 10.1 Å². The average Bonchev–Trinajstić information content (AvgIpc) is 3.23. The third kappa shape index (κ3) is 4.37. The number of alkyl halides is 2. The third-order valence-corrected chi connectivity index (χ3v) is 4.90. The van der Waals surface area contributed by atoms with Crippen LogP contribution in [0, 0.1) is 0 Å². The fraction of sp³-hybridized carbons (Fsp3) is 0.174. The van der Waals surface area contributed by atoms with Crippen molar-refractivity contribution in [1.29, 1.82) is 0 Å². The maximum absolute atomic E-state index is 13.6. The molecule has 8 heteroatoms. The number of hydrogen-bond donors (Lipinski definition) is 1. The van der Waals surface area contributed by atoms with Crippen molar-refractivity contribution in [1.82, 2.24) is 19.9 Å². The van der Waals surface area contributed by atoms with E-state index in [9.17, 15) is 13.6 Å². The highest BCUT2D eigenvalue weighted by Gasteiger charge is 2.21. The Bertz CT molecular complexity index is 1190. The van der Waals surface area contributed by atoms with Gasteiger partial charge in [0.2, 0.25) is 0 Å². The number of ether oxygens (including phenoxy) is 1. The van der Waals surface area contributed by atoms with E-state index in [1.807, 2.05) is 30.3 Å². The summed E-state index contributed by atoms with van der Waals surface area (Å²) in [6.07, 6.45) is -0.884. The zero-order valence-electron chi connectivity index (χ0n) is 16.8. The van der Waals surface area contributed by atoms with E-state index >= 15 is 0 Å². The van der Waals surface area contributed by atoms with Crippen LogP contribution in [0.1, 0.15) is 28.0 Å². The Morgan fingerprint density at radius 2 is 1.87 bits per heavy atom. The number of nitrogens with zero attached hydrogens (tertiary/aromatic N) is 3. The molecule has 6 nitrogen and oxygen atoms in total. The van der Waals surface area contributed by atoms with Crippen LogP contribution in [0.2, 0.25) is 0 Å². The molecule has 0 unspecified atom stereocenters. The van der Waals surface area contributed by atoms with Gasteiger partial charge in [-0.05, 0) is 30.2 Å². The van der Waals surface area contributed by atoms with Gasteiger partial charge < -0.3 is 10.1 Å². The lowest BCUT2D eigenvalue weighted by atomic mass is 10.1.